The van der Waals surface area contributed by atoms with Gasteiger partial charge in [-0.3, -0.25) is 24.6 Å². The summed E-state index contributed by atoms with van der Waals surface area (Å²) in [4.78, 5) is 59.6. The van der Waals surface area contributed by atoms with Gasteiger partial charge >= 0.3 is 0 Å². The van der Waals surface area contributed by atoms with Crippen LogP contribution in [0.5, 0.6) is 0 Å². The van der Waals surface area contributed by atoms with Crippen molar-refractivity contribution in [3.63, 3.8) is 0 Å². The minimum Gasteiger partial charge on any atom is -0.370 e. The Morgan fingerprint density at radius 1 is 0.694 bits per heavy atom. The Kier molecular flexibility index (Phi) is 13.1. The molecular weight excluding hydrogens is 626 g/mol. The van der Waals surface area contributed by atoms with Crippen molar-refractivity contribution in [2.24, 2.45) is 22.9 Å². The van der Waals surface area contributed by atoms with Gasteiger partial charge in [0.05, 0.1) is 6.04 Å². The SMILES string of the molecule is N=C(N)NCCC[C@@H](NC(=O)[C@@H](N)Cc1c[nH]c2ccccc12)C(=O)N[C@@H](Cc1c[nH]c2ccccc12)C(=O)N[C@@H](CCCCN)C(N)=O. The number of primary amides is 1. The molecule has 0 bridgehead atoms. The molecule has 2 aromatic heterocycles. The predicted molar refractivity (Wildman–Crippen MR) is 189 cm³/mol. The highest BCUT2D eigenvalue weighted by Crippen LogP contribution is 2.20. The number of hydrogen-bond acceptors (Lipinski definition) is 7. The largest absolute Gasteiger partial charge is 0.370 e. The van der Waals surface area contributed by atoms with Crippen LogP contribution in [0, 0.1) is 5.41 Å². The van der Waals surface area contributed by atoms with E-state index in [2.05, 4.69) is 31.2 Å². The van der Waals surface area contributed by atoms with Crippen LogP contribution in [0.15, 0.2) is 60.9 Å². The number of guanidine groups is 1. The first-order valence-electron chi connectivity index (χ1n) is 16.4. The third kappa shape index (κ3) is 10.3. The minimum atomic E-state index is -1.13. The number of rotatable bonds is 19. The third-order valence-electron chi connectivity index (χ3n) is 8.41. The second kappa shape index (κ2) is 17.7. The van der Waals surface area contributed by atoms with Crippen LogP contribution in [0.25, 0.3) is 21.8 Å². The predicted octanol–water partition coefficient (Wildman–Crippen LogP) is 0.0937. The van der Waals surface area contributed by atoms with Gasteiger partial charge in [0.15, 0.2) is 5.96 Å². The van der Waals surface area contributed by atoms with E-state index in [9.17, 15) is 19.2 Å². The standard InChI is InChI=1S/C34H47N11O4/c35-14-6-5-12-27(30(37)46)43-33(49)29(17-21-19-42-26-11-4-2-9-23(21)26)45-32(48)28(13-7-15-40-34(38)39)44-31(47)24(36)16-20-18-41-25-10-3-1-8-22(20)25/h1-4,8-11,18-19,24,27-29,41-42H,5-7,12-17,35-36H2,(H2,37,46)(H,43,49)(H,44,47)(H,45,48)(H4,38,39,40)/t24-,27-,28+,29-/m0/s1. The van der Waals surface area contributed by atoms with Crippen LogP contribution in [0.3, 0.4) is 0 Å². The smallest absolute Gasteiger partial charge is 0.243 e. The van der Waals surface area contributed by atoms with Crippen molar-refractivity contribution in [2.45, 2.75) is 69.1 Å². The molecule has 4 atom stereocenters. The summed E-state index contributed by atoms with van der Waals surface area (Å²) in [6.45, 7) is 0.706. The fraction of sp³-hybridized carbons (Fsp3) is 0.382. The van der Waals surface area contributed by atoms with Crippen molar-refractivity contribution in [2.75, 3.05) is 13.1 Å². The lowest BCUT2D eigenvalue weighted by Crippen LogP contribution is -2.58. The summed E-state index contributed by atoms with van der Waals surface area (Å²) in [6, 6.07) is 11.1. The summed E-state index contributed by atoms with van der Waals surface area (Å²) in [6.07, 6.45) is 5.91. The van der Waals surface area contributed by atoms with E-state index in [0.717, 1.165) is 32.9 Å². The van der Waals surface area contributed by atoms with Gasteiger partial charge in [0, 0.05) is 47.2 Å². The van der Waals surface area contributed by atoms with Crippen LogP contribution in [0.2, 0.25) is 0 Å². The summed E-state index contributed by atoms with van der Waals surface area (Å²) in [5.41, 5.74) is 26.3. The molecule has 0 fully saturated rings. The van der Waals surface area contributed by atoms with Gasteiger partial charge in [-0.05, 0) is 68.3 Å². The number of carbonyl (C=O) groups excluding carboxylic acids is 4. The van der Waals surface area contributed by atoms with Crippen molar-refractivity contribution < 1.29 is 19.2 Å². The highest BCUT2D eigenvalue weighted by atomic mass is 16.2. The number of fused-ring (bicyclic) bond motifs is 2. The molecule has 262 valence electrons. The first-order chi connectivity index (χ1) is 23.6. The van der Waals surface area contributed by atoms with Gasteiger partial charge < -0.3 is 54.2 Å². The fourth-order valence-corrected chi connectivity index (χ4v) is 5.76. The van der Waals surface area contributed by atoms with Gasteiger partial charge in [-0.25, -0.2) is 0 Å². The van der Waals surface area contributed by atoms with Crippen molar-refractivity contribution >= 4 is 51.4 Å². The summed E-state index contributed by atoms with van der Waals surface area (Å²) >= 11 is 0. The molecule has 2 heterocycles. The Hall–Kier alpha value is -5.41. The van der Waals surface area contributed by atoms with E-state index in [0.29, 0.717) is 32.2 Å². The molecule has 0 saturated heterocycles. The molecular formula is C34H47N11O4. The number of unbranched alkanes of at least 4 members (excludes halogenated alkanes) is 1. The first-order valence-corrected chi connectivity index (χ1v) is 16.4. The Morgan fingerprint density at radius 3 is 1.82 bits per heavy atom. The molecule has 0 radical (unpaired) electrons. The van der Waals surface area contributed by atoms with E-state index >= 15 is 0 Å². The summed E-state index contributed by atoms with van der Waals surface area (Å²) < 4.78 is 0. The summed E-state index contributed by atoms with van der Waals surface area (Å²) in [5, 5.41) is 20.2. The first kappa shape index (κ1) is 36.4. The molecule has 4 aromatic rings. The molecule has 0 aliphatic carbocycles. The van der Waals surface area contributed by atoms with Crippen molar-refractivity contribution in [1.82, 2.24) is 31.2 Å². The number of aromatic nitrogens is 2. The molecule has 0 aliphatic heterocycles. The Morgan fingerprint density at radius 2 is 1.22 bits per heavy atom. The Balaban J connectivity index is 1.53. The minimum absolute atomic E-state index is 0.0858. The molecule has 4 rings (SSSR count). The average Bonchev–Trinajstić information content (AvgIpc) is 3.68. The third-order valence-corrected chi connectivity index (χ3v) is 8.41. The number of carbonyl (C=O) groups is 4. The highest BCUT2D eigenvalue weighted by Gasteiger charge is 2.31. The zero-order valence-electron chi connectivity index (χ0n) is 27.4. The molecule has 4 amide bonds. The summed E-state index contributed by atoms with van der Waals surface area (Å²) in [7, 11) is 0. The lowest BCUT2D eigenvalue weighted by molar-refractivity contribution is -0.133. The second-order valence-corrected chi connectivity index (χ2v) is 12.1. The molecule has 0 saturated carbocycles. The Labute approximate surface area is 284 Å². The van der Waals surface area contributed by atoms with Gasteiger partial charge in [-0.2, -0.15) is 0 Å². The van der Waals surface area contributed by atoms with E-state index in [1.807, 2.05) is 48.5 Å². The van der Waals surface area contributed by atoms with Gasteiger partial charge in [0.25, 0.3) is 0 Å². The average molecular weight is 674 g/mol. The van der Waals surface area contributed by atoms with Crippen LogP contribution in [0.4, 0.5) is 0 Å². The molecule has 2 aromatic carbocycles. The molecule has 15 nitrogen and oxygen atoms in total. The number of amides is 4. The van der Waals surface area contributed by atoms with Gasteiger partial charge in [-0.1, -0.05) is 36.4 Å². The lowest BCUT2D eigenvalue weighted by atomic mass is 10.0. The lowest BCUT2D eigenvalue weighted by Gasteiger charge is -2.25. The van der Waals surface area contributed by atoms with E-state index in [1.165, 1.54) is 0 Å². The fourth-order valence-electron chi connectivity index (χ4n) is 5.76. The van der Waals surface area contributed by atoms with Crippen LogP contribution in [0.1, 0.15) is 43.2 Å². The summed E-state index contributed by atoms with van der Waals surface area (Å²) in [5.74, 6) is -2.69. The number of H-pyrrole nitrogens is 2. The second-order valence-electron chi connectivity index (χ2n) is 12.1. The van der Waals surface area contributed by atoms with Gasteiger partial charge in [0.2, 0.25) is 23.6 Å². The van der Waals surface area contributed by atoms with Gasteiger partial charge in [-0.15, -0.1) is 0 Å². The highest BCUT2D eigenvalue weighted by molar-refractivity contribution is 5.95. The Bertz CT molecular complexity index is 1750. The number of hydrogen-bond donors (Lipinski definition) is 11. The number of aromatic amines is 2. The maximum absolute atomic E-state index is 13.9. The van der Waals surface area contributed by atoms with Crippen LogP contribution in [-0.2, 0) is 32.0 Å². The zero-order valence-corrected chi connectivity index (χ0v) is 27.4. The maximum atomic E-state index is 13.9. The number of nitrogens with one attached hydrogen (secondary N) is 7. The van der Waals surface area contributed by atoms with Gasteiger partial charge in [0.1, 0.15) is 18.1 Å². The molecule has 0 spiro atoms. The molecule has 49 heavy (non-hydrogen) atoms. The molecule has 0 aliphatic rings. The van der Waals surface area contributed by atoms with Crippen molar-refractivity contribution in [1.29, 1.82) is 5.41 Å². The van der Waals surface area contributed by atoms with E-state index in [-0.39, 0.29) is 31.8 Å². The molecule has 0 unspecified atom stereocenters. The van der Waals surface area contributed by atoms with E-state index in [4.69, 9.17) is 28.3 Å². The van der Waals surface area contributed by atoms with Crippen molar-refractivity contribution in [3.8, 4) is 0 Å². The number of benzene rings is 2. The van der Waals surface area contributed by atoms with E-state index in [1.54, 1.807) is 12.4 Å². The van der Waals surface area contributed by atoms with Crippen LogP contribution in [-0.4, -0.2) is 76.8 Å². The molecule has 15 heteroatoms. The topological polar surface area (TPSA) is 276 Å². The van der Waals surface area contributed by atoms with Crippen molar-refractivity contribution in [3.05, 3.63) is 72.1 Å². The van der Waals surface area contributed by atoms with Crippen LogP contribution < -0.4 is 44.2 Å². The maximum Gasteiger partial charge on any atom is 0.243 e. The number of para-hydroxylation sites is 2. The normalized spacial score (nSPS) is 13.7. The molecule has 15 N–H and O–H groups in total. The van der Waals surface area contributed by atoms with E-state index < -0.39 is 47.8 Å². The zero-order chi connectivity index (χ0) is 35.3. The number of nitrogens with two attached hydrogens (primary N) is 4. The monoisotopic (exact) mass is 673 g/mol. The van der Waals surface area contributed by atoms with Crippen LogP contribution >= 0.6 is 0 Å². The quantitative estimate of drug-likeness (QED) is 0.0368.